The Morgan fingerprint density at radius 3 is 2.42 bits per heavy atom. The van der Waals surface area contributed by atoms with Crippen LogP contribution in [0.1, 0.15) is 16.1 Å². The van der Waals surface area contributed by atoms with Crippen molar-refractivity contribution < 1.29 is 22.8 Å². The first-order valence-corrected chi connectivity index (χ1v) is 5.55. The summed E-state index contributed by atoms with van der Waals surface area (Å²) in [6.07, 6.45) is -4.15. The van der Waals surface area contributed by atoms with Gasteiger partial charge in [-0.1, -0.05) is 11.6 Å². The van der Waals surface area contributed by atoms with Crippen LogP contribution >= 0.6 is 23.2 Å². The van der Waals surface area contributed by atoms with Gasteiger partial charge in [0.15, 0.2) is 0 Å². The Hall–Kier alpha value is -1.54. The second kappa shape index (κ2) is 6.07. The first-order chi connectivity index (χ1) is 8.75. The van der Waals surface area contributed by atoms with Gasteiger partial charge in [0.05, 0.1) is 10.6 Å². The molecule has 0 aliphatic rings. The van der Waals surface area contributed by atoms with Gasteiger partial charge in [0.2, 0.25) is 0 Å². The number of hydrogen-bond acceptors (Lipinski definition) is 3. The summed E-state index contributed by atoms with van der Waals surface area (Å²) in [5, 5.41) is -0.493. The maximum absolute atomic E-state index is 12.3. The number of hydrogen-bond donors (Lipinski definition) is 2. The molecule has 0 radical (unpaired) electrons. The van der Waals surface area contributed by atoms with Gasteiger partial charge in [-0.3, -0.25) is 20.4 Å². The van der Waals surface area contributed by atoms with Crippen LogP contribution in [0.2, 0.25) is 5.02 Å². The lowest BCUT2D eigenvalue weighted by atomic mass is 10.2. The van der Waals surface area contributed by atoms with Gasteiger partial charge in [-0.15, -0.1) is 11.6 Å². The molecule has 0 saturated carbocycles. The average molecular weight is 316 g/mol. The molecule has 0 atom stereocenters. The molecule has 1 heterocycles. The van der Waals surface area contributed by atoms with Gasteiger partial charge in [0.1, 0.15) is 11.6 Å². The molecule has 0 fully saturated rings. The number of carbonyl (C=O) groups is 2. The molecule has 0 unspecified atom stereocenters. The molecule has 0 aliphatic carbocycles. The molecule has 0 aliphatic heterocycles. The van der Waals surface area contributed by atoms with Gasteiger partial charge < -0.3 is 0 Å². The number of halogens is 5. The summed E-state index contributed by atoms with van der Waals surface area (Å²) in [7, 11) is 0. The fourth-order valence-electron chi connectivity index (χ4n) is 0.979. The predicted molar refractivity (Wildman–Crippen MR) is 60.6 cm³/mol. The van der Waals surface area contributed by atoms with Crippen molar-refractivity contribution in [1.29, 1.82) is 0 Å². The van der Waals surface area contributed by atoms with Crippen molar-refractivity contribution in [3.63, 3.8) is 0 Å². The van der Waals surface area contributed by atoms with Crippen LogP contribution < -0.4 is 10.9 Å². The fourth-order valence-corrected chi connectivity index (χ4v) is 1.30. The largest absolute Gasteiger partial charge is 0.417 e. The van der Waals surface area contributed by atoms with Gasteiger partial charge in [-0.05, 0) is 6.07 Å². The summed E-state index contributed by atoms with van der Waals surface area (Å²) >= 11 is 10.7. The number of hydrazine groups is 1. The van der Waals surface area contributed by atoms with E-state index in [1.165, 1.54) is 0 Å². The van der Waals surface area contributed by atoms with Crippen LogP contribution in [-0.4, -0.2) is 22.7 Å². The molecular weight excluding hydrogens is 310 g/mol. The van der Waals surface area contributed by atoms with Crippen molar-refractivity contribution in [1.82, 2.24) is 15.8 Å². The van der Waals surface area contributed by atoms with Crippen molar-refractivity contribution in [2.45, 2.75) is 6.18 Å². The summed E-state index contributed by atoms with van der Waals surface area (Å²) in [6, 6.07) is 0.562. The van der Waals surface area contributed by atoms with E-state index in [0.29, 0.717) is 12.3 Å². The van der Waals surface area contributed by atoms with Crippen molar-refractivity contribution in [2.24, 2.45) is 0 Å². The van der Waals surface area contributed by atoms with E-state index in [1.807, 2.05) is 10.9 Å². The van der Waals surface area contributed by atoms with Crippen LogP contribution in [-0.2, 0) is 11.0 Å². The number of pyridine rings is 1. The Balaban J connectivity index is 2.85. The van der Waals surface area contributed by atoms with E-state index in [1.54, 1.807) is 0 Å². The maximum atomic E-state index is 12.3. The molecule has 1 aromatic heterocycles. The number of amides is 2. The van der Waals surface area contributed by atoms with Gasteiger partial charge >= 0.3 is 6.18 Å². The normalized spacial score (nSPS) is 11.0. The number of nitrogens with one attached hydrogen (secondary N) is 2. The third kappa shape index (κ3) is 4.25. The minimum atomic E-state index is -4.61. The highest BCUT2D eigenvalue weighted by Gasteiger charge is 2.32. The molecule has 0 spiro atoms. The molecule has 1 rings (SSSR count). The maximum Gasteiger partial charge on any atom is 0.417 e. The Morgan fingerprint density at radius 2 is 1.95 bits per heavy atom. The van der Waals surface area contributed by atoms with Gasteiger partial charge in [0, 0.05) is 6.20 Å². The van der Waals surface area contributed by atoms with E-state index < -0.39 is 40.2 Å². The molecule has 2 amide bonds. The fraction of sp³-hybridized carbons (Fsp3) is 0.222. The first-order valence-electron chi connectivity index (χ1n) is 4.63. The SMILES string of the molecule is O=C(CCl)NNC(=O)c1ncc(C(F)(F)F)cc1Cl. The first kappa shape index (κ1) is 15.5. The lowest BCUT2D eigenvalue weighted by Gasteiger charge is -2.09. The van der Waals surface area contributed by atoms with Crippen molar-refractivity contribution in [2.75, 3.05) is 5.88 Å². The van der Waals surface area contributed by atoms with Crippen LogP contribution in [0.3, 0.4) is 0 Å². The molecule has 104 valence electrons. The number of aromatic nitrogens is 1. The average Bonchev–Trinajstić information content (AvgIpc) is 2.34. The molecule has 0 aromatic carbocycles. The Kier molecular flexibility index (Phi) is 4.96. The summed E-state index contributed by atoms with van der Waals surface area (Å²) in [4.78, 5) is 25.5. The minimum absolute atomic E-state index is 0.394. The number of nitrogens with zero attached hydrogens (tertiary/aromatic N) is 1. The van der Waals surface area contributed by atoms with Crippen LogP contribution in [0.15, 0.2) is 12.3 Å². The molecule has 19 heavy (non-hydrogen) atoms. The topological polar surface area (TPSA) is 71.1 Å². The lowest BCUT2D eigenvalue weighted by Crippen LogP contribution is -2.42. The van der Waals surface area contributed by atoms with Gasteiger partial charge in [-0.25, -0.2) is 4.98 Å². The van der Waals surface area contributed by atoms with Crippen LogP contribution in [0.4, 0.5) is 13.2 Å². The monoisotopic (exact) mass is 315 g/mol. The number of rotatable bonds is 2. The minimum Gasteiger partial charge on any atom is -0.272 e. The second-order valence-corrected chi connectivity index (χ2v) is 3.86. The van der Waals surface area contributed by atoms with E-state index in [2.05, 4.69) is 4.98 Å². The van der Waals surface area contributed by atoms with Crippen LogP contribution in [0.5, 0.6) is 0 Å². The third-order valence-electron chi connectivity index (χ3n) is 1.82. The van der Waals surface area contributed by atoms with Crippen molar-refractivity contribution >= 4 is 35.0 Å². The highest BCUT2D eigenvalue weighted by molar-refractivity contribution is 6.33. The van der Waals surface area contributed by atoms with Crippen LogP contribution in [0.25, 0.3) is 0 Å². The quantitative estimate of drug-likeness (QED) is 0.645. The summed E-state index contributed by atoms with van der Waals surface area (Å²) in [5.41, 5.74) is 2.27. The zero-order chi connectivity index (χ0) is 14.6. The Morgan fingerprint density at radius 1 is 1.32 bits per heavy atom. The lowest BCUT2D eigenvalue weighted by molar-refractivity contribution is -0.137. The zero-order valence-electron chi connectivity index (χ0n) is 9.02. The van der Waals surface area contributed by atoms with Crippen LogP contribution in [0, 0.1) is 0 Å². The summed E-state index contributed by atoms with van der Waals surface area (Å²) in [5.74, 6) is -2.05. The van der Waals surface area contributed by atoms with Crippen molar-refractivity contribution in [3.8, 4) is 0 Å². The molecule has 1 aromatic rings. The Labute approximate surface area is 115 Å². The summed E-state index contributed by atoms with van der Waals surface area (Å²) < 4.78 is 37.0. The van der Waals surface area contributed by atoms with E-state index >= 15 is 0 Å². The standard InChI is InChI=1S/C9H6Cl2F3N3O2/c10-2-6(18)16-17-8(19)7-5(11)1-4(3-15-7)9(12,13)14/h1,3H,2H2,(H,16,18)(H,17,19). The molecule has 0 bridgehead atoms. The zero-order valence-corrected chi connectivity index (χ0v) is 10.5. The second-order valence-electron chi connectivity index (χ2n) is 3.19. The predicted octanol–water partition coefficient (Wildman–Crippen LogP) is 1.75. The molecule has 0 saturated heterocycles. The molecule has 10 heteroatoms. The smallest absolute Gasteiger partial charge is 0.272 e. The Bertz CT molecular complexity index is 508. The number of alkyl halides is 4. The van der Waals surface area contributed by atoms with Gasteiger partial charge in [-0.2, -0.15) is 13.2 Å². The van der Waals surface area contributed by atoms with E-state index in [9.17, 15) is 22.8 Å². The van der Waals surface area contributed by atoms with E-state index in [4.69, 9.17) is 23.2 Å². The number of carbonyl (C=O) groups excluding carboxylic acids is 2. The van der Waals surface area contributed by atoms with Crippen molar-refractivity contribution in [3.05, 3.63) is 28.5 Å². The third-order valence-corrected chi connectivity index (χ3v) is 2.35. The molecular formula is C9H6Cl2F3N3O2. The molecule has 2 N–H and O–H groups in total. The van der Waals surface area contributed by atoms with Gasteiger partial charge in [0.25, 0.3) is 11.8 Å². The highest BCUT2D eigenvalue weighted by Crippen LogP contribution is 2.30. The summed E-state index contributed by atoms with van der Waals surface area (Å²) in [6.45, 7) is 0. The molecule has 5 nitrogen and oxygen atoms in total. The highest BCUT2D eigenvalue weighted by atomic mass is 35.5. The van der Waals surface area contributed by atoms with E-state index in [-0.39, 0.29) is 0 Å². The van der Waals surface area contributed by atoms with E-state index in [0.717, 1.165) is 0 Å².